The summed E-state index contributed by atoms with van der Waals surface area (Å²) in [6.45, 7) is 3.55. The number of aryl methyl sites for hydroxylation is 1. The van der Waals surface area contributed by atoms with Crippen LogP contribution in [-0.4, -0.2) is 65.6 Å². The van der Waals surface area contributed by atoms with Crippen molar-refractivity contribution >= 4 is 23.6 Å². The van der Waals surface area contributed by atoms with Gasteiger partial charge in [-0.15, -0.1) is 11.8 Å². The Balaban J connectivity index is 1.13. The quantitative estimate of drug-likeness (QED) is 0.593. The van der Waals surface area contributed by atoms with Crippen molar-refractivity contribution in [3.63, 3.8) is 0 Å². The Hall–Kier alpha value is -2.31. The summed E-state index contributed by atoms with van der Waals surface area (Å²) in [5, 5.41) is 3.24. The zero-order chi connectivity index (χ0) is 24.3. The first kappa shape index (κ1) is 24.4. The zero-order valence-corrected chi connectivity index (χ0v) is 21.6. The number of carbonyl (C=O) groups is 2. The molecule has 2 atom stereocenters. The van der Waals surface area contributed by atoms with Crippen LogP contribution in [0.5, 0.6) is 0 Å². The number of fused-ring (bicyclic) bond motifs is 1. The normalized spacial score (nSPS) is 24.8. The highest BCUT2D eigenvalue weighted by Crippen LogP contribution is 2.31. The summed E-state index contributed by atoms with van der Waals surface area (Å²) >= 11 is 1.73. The number of carbonyl (C=O) groups excluding carboxylic acids is 2. The van der Waals surface area contributed by atoms with Crippen molar-refractivity contribution in [1.29, 1.82) is 0 Å². The van der Waals surface area contributed by atoms with Gasteiger partial charge in [-0.1, -0.05) is 36.4 Å². The molecular formula is C29H37N3O2S. The molecule has 0 aromatic heterocycles. The molecule has 2 aliphatic heterocycles. The molecule has 2 fully saturated rings. The SMILES string of the molecule is CSc1ccc(C[C@@]2(CCC(=O)N3CCN([C@@H]4CCc5ccccc5C4)CC3)CCC(=O)N2)cc1. The van der Waals surface area contributed by atoms with E-state index in [1.165, 1.54) is 28.0 Å². The van der Waals surface area contributed by atoms with Crippen LogP contribution in [0, 0.1) is 0 Å². The predicted molar refractivity (Wildman–Crippen MR) is 142 cm³/mol. The number of nitrogens with one attached hydrogen (secondary N) is 1. The fourth-order valence-electron chi connectivity index (χ4n) is 6.15. The van der Waals surface area contributed by atoms with Gasteiger partial charge in [0.15, 0.2) is 0 Å². The molecule has 2 aromatic carbocycles. The van der Waals surface area contributed by atoms with Crippen LogP contribution >= 0.6 is 11.8 Å². The van der Waals surface area contributed by atoms with Crippen molar-refractivity contribution in [2.75, 3.05) is 32.4 Å². The Bertz CT molecular complexity index is 1050. The minimum atomic E-state index is -0.301. The van der Waals surface area contributed by atoms with Gasteiger partial charge in [-0.05, 0) is 73.6 Å². The minimum Gasteiger partial charge on any atom is -0.350 e. The van der Waals surface area contributed by atoms with Gasteiger partial charge in [0.1, 0.15) is 0 Å². The van der Waals surface area contributed by atoms with E-state index in [0.29, 0.717) is 25.3 Å². The monoisotopic (exact) mass is 491 g/mol. The van der Waals surface area contributed by atoms with Gasteiger partial charge in [0.05, 0.1) is 0 Å². The molecule has 0 bridgehead atoms. The van der Waals surface area contributed by atoms with E-state index in [9.17, 15) is 9.59 Å². The van der Waals surface area contributed by atoms with Crippen LogP contribution in [-0.2, 0) is 28.9 Å². The number of thioether (sulfide) groups is 1. The minimum absolute atomic E-state index is 0.112. The summed E-state index contributed by atoms with van der Waals surface area (Å²) in [6.07, 6.45) is 8.94. The summed E-state index contributed by atoms with van der Waals surface area (Å²) in [6, 6.07) is 18.0. The van der Waals surface area contributed by atoms with Crippen LogP contribution in [0.1, 0.15) is 48.8 Å². The number of nitrogens with zero attached hydrogens (tertiary/aromatic N) is 2. The van der Waals surface area contributed by atoms with Crippen LogP contribution in [0.3, 0.4) is 0 Å². The molecule has 3 aliphatic rings. The highest BCUT2D eigenvalue weighted by atomic mass is 32.2. The van der Waals surface area contributed by atoms with Gasteiger partial charge in [0, 0.05) is 55.5 Å². The van der Waals surface area contributed by atoms with Crippen molar-refractivity contribution in [3.05, 3.63) is 65.2 Å². The molecule has 1 aliphatic carbocycles. The average Bonchev–Trinajstić information content (AvgIpc) is 3.27. The first-order valence-electron chi connectivity index (χ1n) is 13.1. The van der Waals surface area contributed by atoms with Crippen LogP contribution in [0.25, 0.3) is 0 Å². The molecule has 2 heterocycles. The van der Waals surface area contributed by atoms with E-state index in [1.54, 1.807) is 11.8 Å². The smallest absolute Gasteiger partial charge is 0.222 e. The van der Waals surface area contributed by atoms with Gasteiger partial charge in [-0.3, -0.25) is 14.5 Å². The largest absolute Gasteiger partial charge is 0.350 e. The Labute approximate surface area is 213 Å². The molecule has 5 nitrogen and oxygen atoms in total. The molecule has 186 valence electrons. The lowest BCUT2D eigenvalue weighted by Gasteiger charge is -2.41. The van der Waals surface area contributed by atoms with E-state index in [2.05, 4.69) is 65.0 Å². The summed E-state index contributed by atoms with van der Waals surface area (Å²) in [5.41, 5.74) is 3.92. The molecule has 0 spiro atoms. The third-order valence-corrected chi connectivity index (χ3v) is 9.00. The van der Waals surface area contributed by atoms with Crippen LogP contribution in [0.4, 0.5) is 0 Å². The Kier molecular flexibility index (Phi) is 7.49. The van der Waals surface area contributed by atoms with Gasteiger partial charge in [-0.2, -0.15) is 0 Å². The lowest BCUT2D eigenvalue weighted by molar-refractivity contribution is -0.134. The van der Waals surface area contributed by atoms with Crippen molar-refractivity contribution in [2.24, 2.45) is 0 Å². The maximum atomic E-state index is 13.2. The fraction of sp³-hybridized carbons (Fsp3) is 0.517. The zero-order valence-electron chi connectivity index (χ0n) is 20.8. The molecule has 5 rings (SSSR count). The van der Waals surface area contributed by atoms with E-state index in [4.69, 9.17) is 0 Å². The van der Waals surface area contributed by atoms with Crippen LogP contribution in [0.15, 0.2) is 53.4 Å². The fourth-order valence-corrected chi connectivity index (χ4v) is 6.56. The predicted octanol–water partition coefficient (Wildman–Crippen LogP) is 4.08. The maximum Gasteiger partial charge on any atom is 0.222 e. The van der Waals surface area contributed by atoms with Crippen molar-refractivity contribution < 1.29 is 9.59 Å². The lowest BCUT2D eigenvalue weighted by atomic mass is 9.85. The molecule has 0 radical (unpaired) electrons. The molecule has 35 heavy (non-hydrogen) atoms. The number of hydrogen-bond donors (Lipinski definition) is 1. The second-order valence-electron chi connectivity index (χ2n) is 10.4. The number of hydrogen-bond acceptors (Lipinski definition) is 4. The lowest BCUT2D eigenvalue weighted by Crippen LogP contribution is -2.53. The Morgan fingerprint density at radius 2 is 1.77 bits per heavy atom. The van der Waals surface area contributed by atoms with E-state index in [0.717, 1.165) is 51.9 Å². The Morgan fingerprint density at radius 3 is 2.46 bits per heavy atom. The summed E-state index contributed by atoms with van der Waals surface area (Å²) in [4.78, 5) is 31.2. The highest BCUT2D eigenvalue weighted by molar-refractivity contribution is 7.98. The van der Waals surface area contributed by atoms with Gasteiger partial charge in [-0.25, -0.2) is 0 Å². The number of rotatable bonds is 7. The van der Waals surface area contributed by atoms with Crippen molar-refractivity contribution in [1.82, 2.24) is 15.1 Å². The average molecular weight is 492 g/mol. The van der Waals surface area contributed by atoms with Gasteiger partial charge in [0.2, 0.25) is 11.8 Å². The standard InChI is InChI=1S/C29H37N3O2S/c1-35-26-10-6-22(7-11-26)21-29(14-12-27(33)30-29)15-13-28(34)32-18-16-31(17-19-32)25-9-8-23-4-2-3-5-24(23)20-25/h2-7,10-11,25H,8-9,12-21H2,1H3,(H,30,33)/t25-,29+/m1/s1. The van der Waals surface area contributed by atoms with Crippen molar-refractivity contribution in [3.8, 4) is 0 Å². The molecule has 0 unspecified atom stereocenters. The number of amides is 2. The van der Waals surface area contributed by atoms with E-state index in [1.807, 2.05) is 4.90 Å². The van der Waals surface area contributed by atoms with Crippen molar-refractivity contribution in [2.45, 2.75) is 67.8 Å². The number of piperazine rings is 1. The Morgan fingerprint density at radius 1 is 1.03 bits per heavy atom. The van der Waals surface area contributed by atoms with Gasteiger partial charge >= 0.3 is 0 Å². The van der Waals surface area contributed by atoms with Crippen LogP contribution in [0.2, 0.25) is 0 Å². The molecular weight excluding hydrogens is 454 g/mol. The second-order valence-corrected chi connectivity index (χ2v) is 11.3. The third-order valence-electron chi connectivity index (χ3n) is 8.26. The molecule has 6 heteroatoms. The molecule has 1 N–H and O–H groups in total. The summed E-state index contributed by atoms with van der Waals surface area (Å²) in [5.74, 6) is 0.345. The maximum absolute atomic E-state index is 13.2. The van der Waals surface area contributed by atoms with E-state index in [-0.39, 0.29) is 17.4 Å². The third kappa shape index (κ3) is 5.75. The molecule has 2 amide bonds. The summed E-state index contributed by atoms with van der Waals surface area (Å²) in [7, 11) is 0. The molecule has 2 saturated heterocycles. The van der Waals surface area contributed by atoms with E-state index < -0.39 is 0 Å². The molecule has 0 saturated carbocycles. The second kappa shape index (κ2) is 10.8. The molecule has 2 aromatic rings. The van der Waals surface area contributed by atoms with Crippen LogP contribution < -0.4 is 5.32 Å². The van der Waals surface area contributed by atoms with Gasteiger partial charge < -0.3 is 10.2 Å². The number of benzene rings is 2. The summed E-state index contributed by atoms with van der Waals surface area (Å²) < 4.78 is 0. The highest BCUT2D eigenvalue weighted by Gasteiger charge is 2.38. The first-order valence-corrected chi connectivity index (χ1v) is 14.3. The first-order chi connectivity index (χ1) is 17.0. The van der Waals surface area contributed by atoms with E-state index >= 15 is 0 Å². The van der Waals surface area contributed by atoms with Gasteiger partial charge in [0.25, 0.3) is 0 Å². The topological polar surface area (TPSA) is 52.7 Å².